The molecule has 0 aromatic heterocycles. The molecule has 0 spiro atoms. The maximum Gasteiger partial charge on any atom is 0.330 e. The first kappa shape index (κ1) is 77.0. The van der Waals surface area contributed by atoms with Crippen molar-refractivity contribution < 1.29 is 79.8 Å². The summed E-state index contributed by atoms with van der Waals surface area (Å²) in [5, 5.41) is 0. The Bertz CT molecular complexity index is 2710. The molecule has 4 unspecified atom stereocenters. The summed E-state index contributed by atoms with van der Waals surface area (Å²) in [4.78, 5) is 75.0. The highest BCUT2D eigenvalue weighted by Gasteiger charge is 2.48. The molecular weight excluding hydrogens is 1330 g/mol. The minimum absolute atomic E-state index is 0.00727. The van der Waals surface area contributed by atoms with Gasteiger partial charge in [0.15, 0.2) is 11.8 Å². The molecule has 0 bridgehead atoms. The molecule has 0 saturated heterocycles. The van der Waals surface area contributed by atoms with Crippen molar-refractivity contribution >= 4 is 101 Å². The Balaban J connectivity index is 0.000000362. The molecule has 0 amide bonds. The van der Waals surface area contributed by atoms with Crippen LogP contribution in [0.1, 0.15) is 138 Å². The Morgan fingerprint density at radius 2 is 0.805 bits per heavy atom. The molecule has 22 heteroatoms. The normalized spacial score (nSPS) is 18.8. The summed E-state index contributed by atoms with van der Waals surface area (Å²) in [6.07, 6.45) is 7.04. The number of ether oxygens (including phenoxy) is 8. The van der Waals surface area contributed by atoms with Gasteiger partial charge in [-0.15, -0.1) is 0 Å². The van der Waals surface area contributed by atoms with Crippen LogP contribution in [0.2, 0.25) is 0 Å². The lowest BCUT2D eigenvalue weighted by Gasteiger charge is -2.23. The monoisotopic (exact) mass is 1410 g/mol. The molecule has 6 atom stereocenters. The summed E-state index contributed by atoms with van der Waals surface area (Å²) >= 11 is 9.56. The summed E-state index contributed by atoms with van der Waals surface area (Å²) in [5.41, 5.74) is 1.60. The standard InChI is InChI=1S/C17H30N2O2.2C12H12BrFO2.C8H6BrF.2C8H12O4/c1-15(2,3)11-9-20-13(18-11)17(7,8)14-19-12(10-21-14)16(4,5)6;2*1-2-16-12(15)10-6-9(10)8-4-3-7(13)5-11(8)14;1-2-6-3-4-7(9)5-8(6)10;2*1-3-11-7(9)5-6-8(10)12-4-2/h11-12H,9-10H2,1-8H3;2*3-5,9-10H,2,6H2,1H3;2-5H,1H2;2*5-6H,3-4H2,1-2H3/b;;;;6-5+;6-5-/t11-,12-;;;;;/m1...../s1. The zero-order valence-corrected chi connectivity index (χ0v) is 57.0. The van der Waals surface area contributed by atoms with Crippen LogP contribution >= 0.6 is 47.8 Å². The fourth-order valence-electron chi connectivity index (χ4n) is 7.81. The lowest BCUT2D eigenvalue weighted by Crippen LogP contribution is -2.34. The molecule has 16 nitrogen and oxygen atoms in total. The molecule has 2 aliphatic heterocycles. The zero-order chi connectivity index (χ0) is 65.8. The molecule has 2 aliphatic carbocycles. The lowest BCUT2D eigenvalue weighted by molar-refractivity contribution is -0.145. The summed E-state index contributed by atoms with van der Waals surface area (Å²) in [5.74, 6) is -2.14. The highest BCUT2D eigenvalue weighted by molar-refractivity contribution is 9.11. The van der Waals surface area contributed by atoms with E-state index in [-0.39, 0.29) is 81.4 Å². The third-order valence-electron chi connectivity index (χ3n) is 12.9. The van der Waals surface area contributed by atoms with Crippen molar-refractivity contribution in [1.29, 1.82) is 0 Å². The second-order valence-corrected chi connectivity index (χ2v) is 24.9. The van der Waals surface area contributed by atoms with E-state index in [1.54, 1.807) is 77.9 Å². The van der Waals surface area contributed by atoms with Gasteiger partial charge in [-0.05, 0) is 127 Å². The molecular formula is C65H84Br3F3N2O14. The van der Waals surface area contributed by atoms with Gasteiger partial charge in [0.25, 0.3) is 0 Å². The molecule has 3 aromatic rings. The molecule has 7 rings (SSSR count). The van der Waals surface area contributed by atoms with E-state index in [0.717, 1.165) is 40.6 Å². The number of carbonyl (C=O) groups excluding carboxylic acids is 6. The van der Waals surface area contributed by atoms with Crippen LogP contribution in [0.25, 0.3) is 6.08 Å². The SMILES string of the molecule is C=Cc1ccc(Br)cc1F.CC(C)(C1=N[C@@H](C(C)(C)C)CO1)C1=N[C@@H](C(C)(C)C)CO1.CCOC(=O)/C=C/C(=O)OCC.CCOC(=O)/C=C\C(=O)OCC.CCOC(=O)C1CC1c1ccc(Br)cc1F.CCOC(=O)C1CC1c1ccc(Br)cc1F. The van der Waals surface area contributed by atoms with Gasteiger partial charge >= 0.3 is 35.8 Å². The predicted octanol–water partition coefficient (Wildman–Crippen LogP) is 14.8. The summed E-state index contributed by atoms with van der Waals surface area (Å²) in [6, 6.07) is 15.2. The molecule has 87 heavy (non-hydrogen) atoms. The number of esters is 6. The van der Waals surface area contributed by atoms with Crippen molar-refractivity contribution in [2.45, 2.75) is 134 Å². The first-order valence-corrected chi connectivity index (χ1v) is 31.0. The maximum absolute atomic E-state index is 13.6. The largest absolute Gasteiger partial charge is 0.478 e. The number of aliphatic imine (C=N–C) groups is 2. The molecule has 2 fully saturated rings. The molecule has 0 radical (unpaired) electrons. The van der Waals surface area contributed by atoms with E-state index in [0.29, 0.717) is 91.3 Å². The van der Waals surface area contributed by atoms with Gasteiger partial charge in [0, 0.05) is 55.1 Å². The van der Waals surface area contributed by atoms with Crippen LogP contribution in [0, 0.1) is 45.5 Å². The topological polar surface area (TPSA) is 201 Å². The number of carbonyl (C=O) groups is 6. The second kappa shape index (κ2) is 37.7. The molecule has 0 N–H and O–H groups in total. The van der Waals surface area contributed by atoms with Crippen molar-refractivity contribution in [2.24, 2.45) is 38.1 Å². The molecule has 2 saturated carbocycles. The van der Waals surface area contributed by atoms with Crippen LogP contribution in [0.15, 0.2) is 109 Å². The van der Waals surface area contributed by atoms with Crippen LogP contribution < -0.4 is 0 Å². The first-order valence-electron chi connectivity index (χ1n) is 28.6. The Kier molecular flexibility index (Phi) is 33.3. The average Bonchev–Trinajstić information content (AvgIpc) is 4.52. The van der Waals surface area contributed by atoms with Gasteiger partial charge in [0.05, 0.1) is 63.6 Å². The van der Waals surface area contributed by atoms with Crippen molar-refractivity contribution in [3.63, 3.8) is 0 Å². The van der Waals surface area contributed by atoms with E-state index < -0.39 is 23.9 Å². The van der Waals surface area contributed by atoms with E-state index in [4.69, 9.17) is 28.9 Å². The van der Waals surface area contributed by atoms with Crippen molar-refractivity contribution in [1.82, 2.24) is 0 Å². The fraction of sp³-hybridized carbons (Fsp3) is 0.508. The number of rotatable bonds is 17. The van der Waals surface area contributed by atoms with Gasteiger partial charge in [0.2, 0.25) is 0 Å². The first-order chi connectivity index (χ1) is 40.8. The highest BCUT2D eigenvalue weighted by Crippen LogP contribution is 2.50. The minimum atomic E-state index is -0.537. The lowest BCUT2D eigenvalue weighted by atomic mass is 9.87. The Morgan fingerprint density at radius 1 is 0.506 bits per heavy atom. The van der Waals surface area contributed by atoms with E-state index in [2.05, 4.69) is 129 Å². The average molecular weight is 1410 g/mol. The maximum atomic E-state index is 13.6. The van der Waals surface area contributed by atoms with Crippen LogP contribution in [0.5, 0.6) is 0 Å². The Labute approximate surface area is 535 Å². The van der Waals surface area contributed by atoms with Crippen molar-refractivity contribution in [3.05, 3.63) is 133 Å². The molecule has 3 aromatic carbocycles. The van der Waals surface area contributed by atoms with E-state index in [9.17, 15) is 41.9 Å². The Morgan fingerprint density at radius 3 is 1.06 bits per heavy atom. The van der Waals surface area contributed by atoms with Crippen LogP contribution in [-0.4, -0.2) is 113 Å². The third kappa shape index (κ3) is 27.4. The van der Waals surface area contributed by atoms with E-state index in [1.807, 2.05) is 0 Å². The minimum Gasteiger partial charge on any atom is -0.478 e. The van der Waals surface area contributed by atoms with E-state index >= 15 is 0 Å². The van der Waals surface area contributed by atoms with Crippen LogP contribution in [-0.2, 0) is 66.7 Å². The smallest absolute Gasteiger partial charge is 0.330 e. The van der Waals surface area contributed by atoms with Gasteiger partial charge in [-0.25, -0.2) is 42.3 Å². The zero-order valence-electron chi connectivity index (χ0n) is 52.2. The molecule has 2 heterocycles. The number of benzene rings is 3. The van der Waals surface area contributed by atoms with Gasteiger partial charge in [-0.1, -0.05) is 120 Å². The van der Waals surface area contributed by atoms with Crippen LogP contribution in [0.3, 0.4) is 0 Å². The molecule has 480 valence electrons. The van der Waals surface area contributed by atoms with Gasteiger partial charge in [0.1, 0.15) is 36.1 Å². The Hall–Kier alpha value is -6.13. The highest BCUT2D eigenvalue weighted by atomic mass is 79.9. The summed E-state index contributed by atoms with van der Waals surface area (Å²) < 4.78 is 81.8. The third-order valence-corrected chi connectivity index (χ3v) is 14.4. The van der Waals surface area contributed by atoms with Gasteiger partial charge < -0.3 is 37.9 Å². The van der Waals surface area contributed by atoms with Crippen molar-refractivity contribution in [3.8, 4) is 0 Å². The predicted molar refractivity (Wildman–Crippen MR) is 339 cm³/mol. The quantitative estimate of drug-likeness (QED) is 0.0702. The fourth-order valence-corrected chi connectivity index (χ4v) is 8.81. The second-order valence-electron chi connectivity index (χ2n) is 22.2. The van der Waals surface area contributed by atoms with Gasteiger partial charge in [-0.2, -0.15) is 0 Å². The summed E-state index contributed by atoms with van der Waals surface area (Å²) in [6.45, 7) is 34.4. The molecule has 4 aliphatic rings. The number of hydrogen-bond acceptors (Lipinski definition) is 16. The van der Waals surface area contributed by atoms with Crippen LogP contribution in [0.4, 0.5) is 13.2 Å². The number of nitrogens with zero attached hydrogens (tertiary/aromatic N) is 2. The van der Waals surface area contributed by atoms with Gasteiger partial charge in [-0.3, -0.25) is 9.59 Å². The van der Waals surface area contributed by atoms with E-state index in [1.165, 1.54) is 24.3 Å². The summed E-state index contributed by atoms with van der Waals surface area (Å²) in [7, 11) is 0. The number of halogens is 6. The number of hydrogen-bond donors (Lipinski definition) is 0. The van der Waals surface area contributed by atoms with Crippen molar-refractivity contribution in [2.75, 3.05) is 52.9 Å².